The Kier molecular flexibility index (Phi) is 4.65. The maximum Gasteiger partial charge on any atom is 0.271 e. The quantitative estimate of drug-likeness (QED) is 0.755. The minimum Gasteiger partial charge on any atom is -0.378 e. The lowest BCUT2D eigenvalue weighted by Crippen LogP contribution is -2.37. The van der Waals surface area contributed by atoms with Gasteiger partial charge in [-0.05, 0) is 18.2 Å². The standard InChI is InChI=1S/C18H18N6O2/c25-17(16-12-20-14-3-1-2-4-15(14)23-16)21-11-13-5-6-19-18(22-13)24-7-9-26-10-8-24/h1-6,12H,7-11H2,(H,21,25). The number of anilines is 1. The Balaban J connectivity index is 1.43. The maximum absolute atomic E-state index is 12.4. The van der Waals surface area contributed by atoms with Gasteiger partial charge in [-0.2, -0.15) is 0 Å². The lowest BCUT2D eigenvalue weighted by Gasteiger charge is -2.26. The summed E-state index contributed by atoms with van der Waals surface area (Å²) in [5, 5.41) is 2.84. The number of nitrogens with zero attached hydrogens (tertiary/aromatic N) is 5. The summed E-state index contributed by atoms with van der Waals surface area (Å²) in [7, 11) is 0. The fourth-order valence-corrected chi connectivity index (χ4v) is 2.73. The second-order valence-electron chi connectivity index (χ2n) is 5.87. The lowest BCUT2D eigenvalue weighted by molar-refractivity contribution is 0.0945. The molecule has 1 saturated heterocycles. The number of para-hydroxylation sites is 2. The molecule has 1 aliphatic heterocycles. The van der Waals surface area contributed by atoms with Gasteiger partial charge in [-0.1, -0.05) is 12.1 Å². The smallest absolute Gasteiger partial charge is 0.271 e. The second kappa shape index (κ2) is 7.40. The molecule has 4 rings (SSSR count). The topological polar surface area (TPSA) is 93.1 Å². The summed E-state index contributed by atoms with van der Waals surface area (Å²) >= 11 is 0. The Morgan fingerprint density at radius 1 is 1.08 bits per heavy atom. The Hall–Kier alpha value is -3.13. The molecule has 26 heavy (non-hydrogen) atoms. The van der Waals surface area contributed by atoms with Crippen molar-refractivity contribution in [2.45, 2.75) is 6.54 Å². The molecule has 8 nitrogen and oxygen atoms in total. The zero-order valence-corrected chi connectivity index (χ0v) is 14.1. The van der Waals surface area contributed by atoms with Crippen LogP contribution in [0.3, 0.4) is 0 Å². The molecule has 0 unspecified atom stereocenters. The van der Waals surface area contributed by atoms with Gasteiger partial charge in [0, 0.05) is 19.3 Å². The van der Waals surface area contributed by atoms with Crippen molar-refractivity contribution >= 4 is 22.9 Å². The molecule has 0 bridgehead atoms. The van der Waals surface area contributed by atoms with Gasteiger partial charge < -0.3 is 15.0 Å². The van der Waals surface area contributed by atoms with Crippen molar-refractivity contribution in [1.82, 2.24) is 25.3 Å². The summed E-state index contributed by atoms with van der Waals surface area (Å²) in [6.07, 6.45) is 3.19. The number of amides is 1. The number of morpholine rings is 1. The first-order valence-corrected chi connectivity index (χ1v) is 8.44. The predicted octanol–water partition coefficient (Wildman–Crippen LogP) is 1.19. The summed E-state index contributed by atoms with van der Waals surface area (Å²) in [6, 6.07) is 9.23. The van der Waals surface area contributed by atoms with Gasteiger partial charge >= 0.3 is 0 Å². The third-order valence-corrected chi connectivity index (χ3v) is 4.11. The average Bonchev–Trinajstić information content (AvgIpc) is 2.72. The third kappa shape index (κ3) is 3.60. The molecule has 1 aromatic carbocycles. The molecule has 2 aromatic heterocycles. The third-order valence-electron chi connectivity index (χ3n) is 4.11. The van der Waals surface area contributed by atoms with E-state index >= 15 is 0 Å². The molecule has 0 atom stereocenters. The number of hydrogen-bond acceptors (Lipinski definition) is 7. The first-order chi connectivity index (χ1) is 12.8. The van der Waals surface area contributed by atoms with Gasteiger partial charge in [0.25, 0.3) is 5.91 Å². The molecule has 1 fully saturated rings. The SMILES string of the molecule is O=C(NCc1ccnc(N2CCOCC2)n1)c1cnc2ccccc2n1. The number of carbonyl (C=O) groups excluding carboxylic acids is 1. The van der Waals surface area contributed by atoms with Crippen LogP contribution in [-0.4, -0.2) is 52.1 Å². The van der Waals surface area contributed by atoms with E-state index in [1.165, 1.54) is 6.20 Å². The number of hydrogen-bond donors (Lipinski definition) is 1. The Labute approximate surface area is 150 Å². The number of benzene rings is 1. The number of aromatic nitrogens is 4. The van der Waals surface area contributed by atoms with Crippen molar-refractivity contribution in [2.24, 2.45) is 0 Å². The van der Waals surface area contributed by atoms with E-state index in [0.717, 1.165) is 24.3 Å². The van der Waals surface area contributed by atoms with E-state index in [9.17, 15) is 4.79 Å². The highest BCUT2D eigenvalue weighted by atomic mass is 16.5. The predicted molar refractivity (Wildman–Crippen MR) is 95.8 cm³/mol. The number of fused-ring (bicyclic) bond motifs is 1. The summed E-state index contributed by atoms with van der Waals surface area (Å²) in [4.78, 5) is 31.9. The molecule has 1 amide bonds. The zero-order valence-electron chi connectivity index (χ0n) is 14.1. The first kappa shape index (κ1) is 16.3. The van der Waals surface area contributed by atoms with Crippen LogP contribution in [0.15, 0.2) is 42.7 Å². The van der Waals surface area contributed by atoms with Crippen LogP contribution in [0.25, 0.3) is 11.0 Å². The fraction of sp³-hybridized carbons (Fsp3) is 0.278. The highest BCUT2D eigenvalue weighted by Crippen LogP contribution is 2.11. The molecule has 3 heterocycles. The summed E-state index contributed by atoms with van der Waals surface area (Å²) in [5.74, 6) is 0.375. The fourth-order valence-electron chi connectivity index (χ4n) is 2.73. The largest absolute Gasteiger partial charge is 0.378 e. The normalized spacial score (nSPS) is 14.4. The van der Waals surface area contributed by atoms with Crippen LogP contribution < -0.4 is 10.2 Å². The van der Waals surface area contributed by atoms with Crippen LogP contribution in [0.4, 0.5) is 5.95 Å². The molecular weight excluding hydrogens is 332 g/mol. The van der Waals surface area contributed by atoms with Crippen LogP contribution >= 0.6 is 0 Å². The monoisotopic (exact) mass is 350 g/mol. The van der Waals surface area contributed by atoms with Crippen molar-refractivity contribution in [3.05, 3.63) is 54.1 Å². The zero-order chi connectivity index (χ0) is 17.8. The summed E-state index contributed by atoms with van der Waals surface area (Å²) < 4.78 is 5.34. The van der Waals surface area contributed by atoms with Crippen LogP contribution in [0.2, 0.25) is 0 Å². The van der Waals surface area contributed by atoms with Gasteiger partial charge in [0.15, 0.2) is 0 Å². The molecule has 1 N–H and O–H groups in total. The Morgan fingerprint density at radius 2 is 1.88 bits per heavy atom. The minimum atomic E-state index is -0.283. The van der Waals surface area contributed by atoms with Gasteiger partial charge in [-0.3, -0.25) is 9.78 Å². The molecule has 8 heteroatoms. The number of rotatable bonds is 4. The molecule has 0 radical (unpaired) electrons. The molecule has 0 spiro atoms. The van der Waals surface area contributed by atoms with E-state index in [4.69, 9.17) is 4.74 Å². The van der Waals surface area contributed by atoms with E-state index in [1.807, 2.05) is 24.3 Å². The molecule has 0 saturated carbocycles. The van der Waals surface area contributed by atoms with Gasteiger partial charge in [0.05, 0.1) is 42.7 Å². The summed E-state index contributed by atoms with van der Waals surface area (Å²) in [5.41, 5.74) is 2.47. The van der Waals surface area contributed by atoms with Gasteiger partial charge in [0.2, 0.25) is 5.95 Å². The minimum absolute atomic E-state index is 0.283. The highest BCUT2D eigenvalue weighted by Gasteiger charge is 2.14. The number of ether oxygens (including phenoxy) is 1. The van der Waals surface area contributed by atoms with Crippen LogP contribution in [0.5, 0.6) is 0 Å². The van der Waals surface area contributed by atoms with Crippen LogP contribution in [0, 0.1) is 0 Å². The highest BCUT2D eigenvalue weighted by molar-refractivity contribution is 5.93. The van der Waals surface area contributed by atoms with Crippen molar-refractivity contribution in [2.75, 3.05) is 31.2 Å². The summed E-state index contributed by atoms with van der Waals surface area (Å²) in [6.45, 7) is 3.17. The van der Waals surface area contributed by atoms with Crippen molar-refractivity contribution in [3.8, 4) is 0 Å². The lowest BCUT2D eigenvalue weighted by atomic mass is 10.3. The average molecular weight is 350 g/mol. The van der Waals surface area contributed by atoms with Gasteiger partial charge in [-0.25, -0.2) is 15.0 Å². The number of nitrogens with one attached hydrogen (secondary N) is 1. The Bertz CT molecular complexity index is 926. The van der Waals surface area contributed by atoms with Crippen LogP contribution in [0.1, 0.15) is 16.2 Å². The van der Waals surface area contributed by atoms with Crippen molar-refractivity contribution < 1.29 is 9.53 Å². The van der Waals surface area contributed by atoms with E-state index in [2.05, 4.69) is 30.2 Å². The van der Waals surface area contributed by atoms with E-state index in [-0.39, 0.29) is 11.6 Å². The van der Waals surface area contributed by atoms with E-state index in [0.29, 0.717) is 31.2 Å². The maximum atomic E-state index is 12.4. The second-order valence-corrected chi connectivity index (χ2v) is 5.87. The molecule has 0 aliphatic carbocycles. The van der Waals surface area contributed by atoms with E-state index in [1.54, 1.807) is 12.3 Å². The van der Waals surface area contributed by atoms with Crippen molar-refractivity contribution in [3.63, 3.8) is 0 Å². The van der Waals surface area contributed by atoms with E-state index < -0.39 is 0 Å². The molecule has 3 aromatic rings. The van der Waals surface area contributed by atoms with Gasteiger partial charge in [0.1, 0.15) is 5.69 Å². The molecule has 132 valence electrons. The number of carbonyl (C=O) groups is 1. The Morgan fingerprint density at radius 3 is 2.73 bits per heavy atom. The first-order valence-electron chi connectivity index (χ1n) is 8.44. The van der Waals surface area contributed by atoms with Crippen LogP contribution in [-0.2, 0) is 11.3 Å². The molecular formula is C18H18N6O2. The molecule has 1 aliphatic rings. The van der Waals surface area contributed by atoms with Crippen molar-refractivity contribution in [1.29, 1.82) is 0 Å². The van der Waals surface area contributed by atoms with Gasteiger partial charge in [-0.15, -0.1) is 0 Å².